The molecule has 0 saturated carbocycles. The predicted octanol–water partition coefficient (Wildman–Crippen LogP) is 3.98. The molecule has 1 aromatic heterocycles. The second-order valence-electron chi connectivity index (χ2n) is 6.11. The van der Waals surface area contributed by atoms with Gasteiger partial charge < -0.3 is 9.67 Å². The van der Waals surface area contributed by atoms with Crippen molar-refractivity contribution in [2.75, 3.05) is 14.1 Å². The molecule has 1 aromatic carbocycles. The summed E-state index contributed by atoms with van der Waals surface area (Å²) >= 11 is 7.31. The smallest absolute Gasteiger partial charge is 0.337 e. The third-order valence-electron chi connectivity index (χ3n) is 4.39. The van der Waals surface area contributed by atoms with Gasteiger partial charge in [0.2, 0.25) is 0 Å². The minimum Gasteiger partial charge on any atom is -0.478 e. The fourth-order valence-corrected chi connectivity index (χ4v) is 4.15. The number of aromatic carboxylic acids is 1. The Morgan fingerprint density at radius 1 is 1.30 bits per heavy atom. The Balaban J connectivity index is 2.07. The SMILES string of the molecule is CN=C1S/C(=C\c2cc(C)n(-c3ccc(Cl)c(C(=O)O)c3)c2C)C(=O)N1C. The summed E-state index contributed by atoms with van der Waals surface area (Å²) < 4.78 is 1.94. The molecule has 1 aliphatic rings. The molecule has 1 aliphatic heterocycles. The average molecular weight is 404 g/mol. The summed E-state index contributed by atoms with van der Waals surface area (Å²) in [7, 11) is 3.35. The van der Waals surface area contributed by atoms with Crippen LogP contribution in [0.15, 0.2) is 34.2 Å². The van der Waals surface area contributed by atoms with Gasteiger partial charge in [-0.3, -0.25) is 14.7 Å². The van der Waals surface area contributed by atoms with Crippen LogP contribution in [0.25, 0.3) is 11.8 Å². The van der Waals surface area contributed by atoms with Crippen molar-refractivity contribution in [1.82, 2.24) is 9.47 Å². The number of carboxylic acid groups (broad SMARTS) is 1. The average Bonchev–Trinajstić information content (AvgIpc) is 3.05. The third-order valence-corrected chi connectivity index (χ3v) is 5.87. The van der Waals surface area contributed by atoms with Gasteiger partial charge in [-0.05, 0) is 61.5 Å². The van der Waals surface area contributed by atoms with E-state index in [1.807, 2.05) is 30.6 Å². The topological polar surface area (TPSA) is 74.9 Å². The molecule has 1 fully saturated rings. The summed E-state index contributed by atoms with van der Waals surface area (Å²) in [5.74, 6) is -1.17. The Labute approximate surface area is 166 Å². The molecule has 2 aromatic rings. The van der Waals surface area contributed by atoms with Crippen molar-refractivity contribution in [3.05, 3.63) is 56.7 Å². The largest absolute Gasteiger partial charge is 0.478 e. The van der Waals surface area contributed by atoms with E-state index in [-0.39, 0.29) is 16.5 Å². The van der Waals surface area contributed by atoms with Gasteiger partial charge >= 0.3 is 5.97 Å². The van der Waals surface area contributed by atoms with Crippen molar-refractivity contribution in [3.63, 3.8) is 0 Å². The molecule has 0 unspecified atom stereocenters. The number of thioether (sulfide) groups is 1. The maximum absolute atomic E-state index is 12.4. The maximum Gasteiger partial charge on any atom is 0.337 e. The van der Waals surface area contributed by atoms with Gasteiger partial charge in [0.15, 0.2) is 5.17 Å². The summed E-state index contributed by atoms with van der Waals surface area (Å²) in [5.41, 5.74) is 3.46. The second-order valence-corrected chi connectivity index (χ2v) is 7.53. The number of nitrogens with zero attached hydrogens (tertiary/aromatic N) is 3. The summed E-state index contributed by atoms with van der Waals surface area (Å²) in [6.07, 6.45) is 1.84. The predicted molar refractivity (Wildman–Crippen MR) is 109 cm³/mol. The van der Waals surface area contributed by atoms with Gasteiger partial charge in [-0.25, -0.2) is 4.79 Å². The summed E-state index contributed by atoms with van der Waals surface area (Å²) in [5, 5.41) is 10.2. The van der Waals surface area contributed by atoms with Gasteiger partial charge in [-0.15, -0.1) is 0 Å². The molecule has 27 heavy (non-hydrogen) atoms. The van der Waals surface area contributed by atoms with Crippen LogP contribution in [0.4, 0.5) is 0 Å². The number of aromatic nitrogens is 1. The lowest BCUT2D eigenvalue weighted by molar-refractivity contribution is -0.121. The third kappa shape index (κ3) is 3.40. The number of hydrogen-bond acceptors (Lipinski definition) is 4. The highest BCUT2D eigenvalue weighted by molar-refractivity contribution is 8.18. The molecule has 0 radical (unpaired) electrons. The second kappa shape index (κ2) is 7.25. The van der Waals surface area contributed by atoms with Crippen LogP contribution in [0.5, 0.6) is 0 Å². The van der Waals surface area contributed by atoms with Gasteiger partial charge in [0.25, 0.3) is 5.91 Å². The van der Waals surface area contributed by atoms with E-state index in [2.05, 4.69) is 4.99 Å². The summed E-state index contributed by atoms with van der Waals surface area (Å²) in [6, 6.07) is 6.86. The molecule has 0 bridgehead atoms. The Hall–Kier alpha value is -2.51. The first kappa shape index (κ1) is 19.3. The van der Waals surface area contributed by atoms with Crippen LogP contribution in [-0.2, 0) is 4.79 Å². The Bertz CT molecular complexity index is 1020. The fraction of sp³-hybridized carbons (Fsp3) is 0.211. The van der Waals surface area contributed by atoms with Crippen molar-refractivity contribution in [3.8, 4) is 5.69 Å². The van der Waals surface area contributed by atoms with E-state index in [4.69, 9.17) is 11.6 Å². The van der Waals surface area contributed by atoms with Crippen molar-refractivity contribution in [2.45, 2.75) is 13.8 Å². The number of carboxylic acids is 1. The van der Waals surface area contributed by atoms with Crippen molar-refractivity contribution < 1.29 is 14.7 Å². The van der Waals surface area contributed by atoms with Crippen molar-refractivity contribution in [2.24, 2.45) is 4.99 Å². The lowest BCUT2D eigenvalue weighted by Gasteiger charge is -2.11. The summed E-state index contributed by atoms with van der Waals surface area (Å²) in [6.45, 7) is 3.86. The van der Waals surface area contributed by atoms with Gasteiger partial charge in [0.1, 0.15) is 0 Å². The van der Waals surface area contributed by atoms with Gasteiger partial charge in [-0.2, -0.15) is 0 Å². The first-order valence-electron chi connectivity index (χ1n) is 8.11. The van der Waals surface area contributed by atoms with E-state index in [1.165, 1.54) is 16.7 Å². The number of rotatable bonds is 3. The standard InChI is InChI=1S/C19H18ClN3O3S/c1-10-7-12(8-16-17(24)22(4)19(21-3)27-16)11(2)23(10)13-5-6-15(20)14(9-13)18(25)26/h5-9H,1-4H3,(H,25,26)/b16-8-,21-19?. The molecule has 2 heterocycles. The number of aliphatic imine (C=N–C) groups is 1. The van der Waals surface area contributed by atoms with Crippen LogP contribution < -0.4 is 0 Å². The number of benzene rings is 1. The summed E-state index contributed by atoms with van der Waals surface area (Å²) in [4.78, 5) is 30.0. The molecule has 3 rings (SSSR count). The normalized spacial score (nSPS) is 17.4. The molecule has 0 atom stereocenters. The van der Waals surface area contributed by atoms with Gasteiger partial charge in [-0.1, -0.05) is 11.6 Å². The lowest BCUT2D eigenvalue weighted by Crippen LogP contribution is -2.23. The van der Waals surface area contributed by atoms with Crippen LogP contribution in [-0.4, -0.2) is 45.7 Å². The molecule has 6 nitrogen and oxygen atoms in total. The first-order chi connectivity index (χ1) is 12.7. The highest BCUT2D eigenvalue weighted by Gasteiger charge is 2.30. The molecule has 140 valence electrons. The highest BCUT2D eigenvalue weighted by Crippen LogP contribution is 2.33. The van der Waals surface area contributed by atoms with Gasteiger partial charge in [0.05, 0.1) is 15.5 Å². The number of halogens is 1. The zero-order chi connectivity index (χ0) is 19.9. The zero-order valence-electron chi connectivity index (χ0n) is 15.3. The number of hydrogen-bond donors (Lipinski definition) is 1. The van der Waals surface area contributed by atoms with E-state index in [1.54, 1.807) is 32.3 Å². The van der Waals surface area contributed by atoms with Crippen molar-refractivity contribution in [1.29, 1.82) is 0 Å². The minimum atomic E-state index is -1.07. The number of carbonyl (C=O) groups excluding carboxylic acids is 1. The van der Waals surface area contributed by atoms with Crippen LogP contribution in [0.2, 0.25) is 5.02 Å². The van der Waals surface area contributed by atoms with E-state index >= 15 is 0 Å². The molecular weight excluding hydrogens is 386 g/mol. The Morgan fingerprint density at radius 2 is 2.00 bits per heavy atom. The number of amides is 1. The zero-order valence-corrected chi connectivity index (χ0v) is 16.9. The lowest BCUT2D eigenvalue weighted by atomic mass is 10.2. The monoisotopic (exact) mass is 403 g/mol. The molecule has 1 N–H and O–H groups in total. The maximum atomic E-state index is 12.4. The molecule has 8 heteroatoms. The quantitative estimate of drug-likeness (QED) is 0.786. The molecule has 0 spiro atoms. The van der Waals surface area contributed by atoms with Gasteiger partial charge in [0, 0.05) is 31.2 Å². The van der Waals surface area contributed by atoms with Crippen molar-refractivity contribution >= 4 is 46.5 Å². The van der Waals surface area contributed by atoms with E-state index in [0.29, 0.717) is 15.8 Å². The van der Waals surface area contributed by atoms with E-state index in [9.17, 15) is 14.7 Å². The molecule has 0 aliphatic carbocycles. The first-order valence-corrected chi connectivity index (χ1v) is 9.30. The van der Waals surface area contributed by atoms with Crippen LogP contribution >= 0.6 is 23.4 Å². The Morgan fingerprint density at radius 3 is 2.59 bits per heavy atom. The molecule has 1 saturated heterocycles. The number of amidine groups is 1. The van der Waals surface area contributed by atoms with Crippen LogP contribution in [0.1, 0.15) is 27.3 Å². The molecule has 1 amide bonds. The fourth-order valence-electron chi connectivity index (χ4n) is 3.04. The minimum absolute atomic E-state index is 0.0496. The van der Waals surface area contributed by atoms with Crippen LogP contribution in [0.3, 0.4) is 0 Å². The number of aryl methyl sites for hydroxylation is 1. The van der Waals surface area contributed by atoms with E-state index < -0.39 is 5.97 Å². The Kier molecular flexibility index (Phi) is 5.17. The number of carbonyl (C=O) groups is 2. The highest BCUT2D eigenvalue weighted by atomic mass is 35.5. The number of likely N-dealkylation sites (N-methyl/N-ethyl adjacent to an activating group) is 1. The van der Waals surface area contributed by atoms with E-state index in [0.717, 1.165) is 17.0 Å². The van der Waals surface area contributed by atoms with Crippen LogP contribution in [0, 0.1) is 13.8 Å². The molecular formula is C19H18ClN3O3S.